The van der Waals surface area contributed by atoms with Crippen LogP contribution in [0.5, 0.6) is 0 Å². The number of hydrogen-bond donors (Lipinski definition) is 1. The molecule has 0 fully saturated rings. The number of benzene rings is 1. The number of nitrogens with two attached hydrogens (primary N) is 1. The molecule has 78 valence electrons. The average molecular weight is 227 g/mol. The van der Waals surface area contributed by atoms with E-state index >= 15 is 0 Å². The summed E-state index contributed by atoms with van der Waals surface area (Å²) in [6.45, 7) is 0. The highest BCUT2D eigenvalue weighted by Crippen LogP contribution is 2.12. The molecule has 0 aromatic heterocycles. The van der Waals surface area contributed by atoms with Crippen LogP contribution < -0.4 is 5.14 Å². The molecule has 15 heavy (non-hydrogen) atoms. The summed E-state index contributed by atoms with van der Waals surface area (Å²) in [5.74, 6) is 3.39. The third kappa shape index (κ3) is 2.87. The highest BCUT2D eigenvalue weighted by Gasteiger charge is 2.10. The molecule has 0 saturated heterocycles. The van der Waals surface area contributed by atoms with Crippen molar-refractivity contribution in [1.82, 2.24) is 0 Å². The van der Waals surface area contributed by atoms with Crippen LogP contribution in [0.1, 0.15) is 5.56 Å². The summed E-state index contributed by atoms with van der Waals surface area (Å²) < 4.78 is 34.8. The molecular formula is C9H6FNO3S. The Morgan fingerprint density at radius 1 is 1.40 bits per heavy atom. The van der Waals surface area contributed by atoms with Crippen molar-refractivity contribution in [3.05, 3.63) is 29.6 Å². The number of hydrogen-bond acceptors (Lipinski definition) is 3. The van der Waals surface area contributed by atoms with Crippen molar-refractivity contribution in [3.63, 3.8) is 0 Å². The summed E-state index contributed by atoms with van der Waals surface area (Å²) in [4.78, 5) is 9.57. The molecule has 2 N–H and O–H groups in total. The Hall–Kier alpha value is -1.71. The number of carbonyl (C=O) groups is 1. The molecule has 0 aliphatic heterocycles. The number of aldehydes is 1. The van der Waals surface area contributed by atoms with Crippen molar-refractivity contribution in [1.29, 1.82) is 0 Å². The number of primary sulfonamides is 1. The van der Waals surface area contributed by atoms with Crippen LogP contribution in [0.4, 0.5) is 4.39 Å². The second kappa shape index (κ2) is 4.21. The molecular weight excluding hydrogens is 221 g/mol. The minimum absolute atomic E-state index is 0.0606. The van der Waals surface area contributed by atoms with Crippen molar-refractivity contribution in [2.24, 2.45) is 5.14 Å². The van der Waals surface area contributed by atoms with E-state index in [1.165, 1.54) is 0 Å². The zero-order chi connectivity index (χ0) is 11.5. The first-order valence-electron chi connectivity index (χ1n) is 3.72. The molecule has 1 rings (SSSR count). The van der Waals surface area contributed by atoms with E-state index in [1.54, 1.807) is 0 Å². The van der Waals surface area contributed by atoms with E-state index in [0.29, 0.717) is 6.29 Å². The van der Waals surface area contributed by atoms with Crippen LogP contribution in [0.3, 0.4) is 0 Å². The van der Waals surface area contributed by atoms with Gasteiger partial charge < -0.3 is 0 Å². The van der Waals surface area contributed by atoms with Gasteiger partial charge in [-0.1, -0.05) is 5.92 Å². The zero-order valence-corrected chi connectivity index (χ0v) is 8.21. The van der Waals surface area contributed by atoms with Crippen molar-refractivity contribution in [2.75, 3.05) is 0 Å². The topological polar surface area (TPSA) is 77.2 Å². The number of rotatable bonds is 1. The van der Waals surface area contributed by atoms with E-state index < -0.39 is 15.8 Å². The van der Waals surface area contributed by atoms with Gasteiger partial charge in [-0.2, -0.15) is 0 Å². The lowest BCUT2D eigenvalue weighted by atomic mass is 10.2. The maximum absolute atomic E-state index is 13.2. The van der Waals surface area contributed by atoms with Crippen molar-refractivity contribution in [2.45, 2.75) is 4.90 Å². The van der Waals surface area contributed by atoms with Gasteiger partial charge in [-0.3, -0.25) is 4.79 Å². The fraction of sp³-hybridized carbons (Fsp3) is 0. The van der Waals surface area contributed by atoms with E-state index in [1.807, 2.05) is 5.92 Å². The molecule has 0 atom stereocenters. The van der Waals surface area contributed by atoms with Gasteiger partial charge in [0.25, 0.3) is 0 Å². The zero-order valence-electron chi connectivity index (χ0n) is 7.40. The molecule has 0 amide bonds. The fourth-order valence-electron chi connectivity index (χ4n) is 0.881. The summed E-state index contributed by atoms with van der Waals surface area (Å²) in [5, 5.41) is 4.79. The molecule has 0 spiro atoms. The second-order valence-electron chi connectivity index (χ2n) is 2.57. The summed E-state index contributed by atoms with van der Waals surface area (Å²) in [7, 11) is -3.92. The minimum atomic E-state index is -3.92. The first-order valence-corrected chi connectivity index (χ1v) is 5.27. The van der Waals surface area contributed by atoms with Crippen LogP contribution in [-0.2, 0) is 14.8 Å². The van der Waals surface area contributed by atoms with Gasteiger partial charge >= 0.3 is 0 Å². The summed E-state index contributed by atoms with van der Waals surface area (Å²) in [6, 6.07) is 3.02. The van der Waals surface area contributed by atoms with E-state index in [2.05, 4.69) is 5.92 Å². The summed E-state index contributed by atoms with van der Waals surface area (Å²) in [5.41, 5.74) is -0.0606. The van der Waals surface area contributed by atoms with Crippen molar-refractivity contribution in [3.8, 4) is 11.8 Å². The SMILES string of the molecule is NS(=O)(=O)c1ccc(C#CC=O)c(F)c1. The van der Waals surface area contributed by atoms with E-state index in [9.17, 15) is 17.6 Å². The number of sulfonamides is 1. The normalized spacial score (nSPS) is 10.3. The molecule has 0 aliphatic rings. The smallest absolute Gasteiger partial charge is 0.238 e. The van der Waals surface area contributed by atoms with Crippen LogP contribution in [-0.4, -0.2) is 14.7 Å². The highest BCUT2D eigenvalue weighted by atomic mass is 32.2. The van der Waals surface area contributed by atoms with E-state index in [4.69, 9.17) is 5.14 Å². The maximum Gasteiger partial charge on any atom is 0.238 e. The van der Waals surface area contributed by atoms with E-state index in [-0.39, 0.29) is 10.5 Å². The second-order valence-corrected chi connectivity index (χ2v) is 4.14. The number of carbonyl (C=O) groups excluding carboxylic acids is 1. The van der Waals surface area contributed by atoms with Gasteiger partial charge in [0.05, 0.1) is 10.5 Å². The summed E-state index contributed by atoms with van der Waals surface area (Å²) in [6.07, 6.45) is 0.313. The molecule has 1 aromatic carbocycles. The van der Waals surface area contributed by atoms with Gasteiger partial charge in [0.1, 0.15) is 5.82 Å². The van der Waals surface area contributed by atoms with Crippen LogP contribution in [0.15, 0.2) is 23.1 Å². The molecule has 0 aliphatic carbocycles. The van der Waals surface area contributed by atoms with Gasteiger partial charge in [0.15, 0.2) is 6.29 Å². The molecule has 4 nitrogen and oxygen atoms in total. The lowest BCUT2D eigenvalue weighted by molar-refractivity contribution is -0.103. The van der Waals surface area contributed by atoms with Crippen LogP contribution in [0.25, 0.3) is 0 Å². The Kier molecular flexibility index (Phi) is 3.19. The number of halogens is 1. The molecule has 0 heterocycles. The largest absolute Gasteiger partial charge is 0.289 e. The molecule has 6 heteroatoms. The van der Waals surface area contributed by atoms with Gasteiger partial charge in [0, 0.05) is 0 Å². The molecule has 0 radical (unpaired) electrons. The standard InChI is InChI=1S/C9H6FNO3S/c10-9-6-8(15(11,13)14)4-3-7(9)2-1-5-12/h3-6H,(H2,11,13,14). The van der Waals surface area contributed by atoms with Gasteiger partial charge in [-0.15, -0.1) is 0 Å². The van der Waals surface area contributed by atoms with Crippen LogP contribution >= 0.6 is 0 Å². The van der Waals surface area contributed by atoms with Gasteiger partial charge in [-0.05, 0) is 24.1 Å². The minimum Gasteiger partial charge on any atom is -0.289 e. The monoisotopic (exact) mass is 227 g/mol. The Bertz CT molecular complexity index is 554. The van der Waals surface area contributed by atoms with E-state index in [0.717, 1.165) is 18.2 Å². The predicted octanol–water partition coefficient (Wildman–Crippen LogP) is 0.0235. The quantitative estimate of drug-likeness (QED) is 0.543. The predicted molar refractivity (Wildman–Crippen MR) is 50.7 cm³/mol. The lowest BCUT2D eigenvalue weighted by Gasteiger charge is -1.99. The molecule has 1 aromatic rings. The highest BCUT2D eigenvalue weighted by molar-refractivity contribution is 7.89. The van der Waals surface area contributed by atoms with Gasteiger partial charge in [-0.25, -0.2) is 17.9 Å². The maximum atomic E-state index is 13.2. The first kappa shape index (κ1) is 11.4. The van der Waals surface area contributed by atoms with Crippen molar-refractivity contribution < 1.29 is 17.6 Å². The average Bonchev–Trinajstić information content (AvgIpc) is 2.14. The Balaban J connectivity index is 3.26. The van der Waals surface area contributed by atoms with Crippen molar-refractivity contribution >= 4 is 16.3 Å². The van der Waals surface area contributed by atoms with Crippen LogP contribution in [0, 0.1) is 17.7 Å². The third-order valence-corrected chi connectivity index (χ3v) is 2.45. The molecule has 0 saturated carbocycles. The molecule has 0 bridgehead atoms. The first-order chi connectivity index (χ1) is 6.95. The lowest BCUT2D eigenvalue weighted by Crippen LogP contribution is -2.12. The van der Waals surface area contributed by atoms with Gasteiger partial charge in [0.2, 0.25) is 10.0 Å². The third-order valence-electron chi connectivity index (χ3n) is 1.53. The Morgan fingerprint density at radius 2 is 2.07 bits per heavy atom. The Morgan fingerprint density at radius 3 is 2.53 bits per heavy atom. The molecule has 0 unspecified atom stereocenters. The fourth-order valence-corrected chi connectivity index (χ4v) is 1.41. The summed E-state index contributed by atoms with van der Waals surface area (Å²) >= 11 is 0. The Labute approximate surface area is 86.0 Å². The van der Waals surface area contributed by atoms with Crippen LogP contribution in [0.2, 0.25) is 0 Å².